The fourth-order valence-corrected chi connectivity index (χ4v) is 3.44. The van der Waals surface area contributed by atoms with Gasteiger partial charge in [-0.15, -0.1) is 5.10 Å². The second-order valence-corrected chi connectivity index (χ2v) is 6.40. The largest absolute Gasteiger partial charge is 0.471 e. The first kappa shape index (κ1) is 16.0. The van der Waals surface area contributed by atoms with Gasteiger partial charge in [-0.05, 0) is 33.6 Å². The summed E-state index contributed by atoms with van der Waals surface area (Å²) in [5, 5.41) is 18.4. The summed E-state index contributed by atoms with van der Waals surface area (Å²) in [6.07, 6.45) is 1.62. The number of piperidine rings is 1. The van der Waals surface area contributed by atoms with Crippen LogP contribution >= 0.6 is 0 Å². The zero-order valence-corrected chi connectivity index (χ0v) is 14.4. The molecule has 2 N–H and O–H groups in total. The fourth-order valence-electron chi connectivity index (χ4n) is 3.44. The molecule has 4 rings (SSSR count). The number of rotatable bonds is 0. The van der Waals surface area contributed by atoms with E-state index in [0.29, 0.717) is 23.9 Å². The molecule has 0 aliphatic carbocycles. The standard InChI is InChI=1S/C14H19N5O2.C2H6/c1-7-9-4-5-14(3,20)6-19(9)12-10-11(15-8(2)16-12)17-18-13(10)21-7;1-2/h7,9,20H,4-6H2,1-3H3,(H,15,16,17,18);1-2H3/t7-,9+,14-;/m0./s1. The van der Waals surface area contributed by atoms with Gasteiger partial charge < -0.3 is 14.7 Å². The lowest BCUT2D eigenvalue weighted by Crippen LogP contribution is -2.55. The molecule has 2 aliphatic rings. The predicted octanol–water partition coefficient (Wildman–Crippen LogP) is 2.19. The van der Waals surface area contributed by atoms with E-state index >= 15 is 0 Å². The van der Waals surface area contributed by atoms with Crippen molar-refractivity contribution in [1.29, 1.82) is 0 Å². The number of aryl methyl sites for hydroxylation is 1. The fraction of sp³-hybridized carbons (Fsp3) is 0.688. The van der Waals surface area contributed by atoms with Gasteiger partial charge in [0.15, 0.2) is 5.65 Å². The van der Waals surface area contributed by atoms with Crippen LogP contribution in [0, 0.1) is 6.92 Å². The van der Waals surface area contributed by atoms with E-state index in [4.69, 9.17) is 4.74 Å². The van der Waals surface area contributed by atoms with Crippen molar-refractivity contribution >= 4 is 16.9 Å². The van der Waals surface area contributed by atoms with Crippen LogP contribution in [0.1, 0.15) is 46.4 Å². The van der Waals surface area contributed by atoms with Gasteiger partial charge in [0.25, 0.3) is 0 Å². The third-order valence-corrected chi connectivity index (χ3v) is 4.48. The number of H-pyrrole nitrogens is 1. The number of hydrogen-bond donors (Lipinski definition) is 2. The Morgan fingerprint density at radius 1 is 1.35 bits per heavy atom. The number of aromatic amines is 1. The number of fused-ring (bicyclic) bond motifs is 2. The molecule has 0 aromatic carbocycles. The van der Waals surface area contributed by atoms with Crippen LogP contribution in [0.25, 0.3) is 11.0 Å². The minimum Gasteiger partial charge on any atom is -0.471 e. The van der Waals surface area contributed by atoms with Crippen LogP contribution in [0.2, 0.25) is 0 Å². The molecule has 4 heterocycles. The van der Waals surface area contributed by atoms with Gasteiger partial charge in [0, 0.05) is 6.54 Å². The summed E-state index contributed by atoms with van der Waals surface area (Å²) >= 11 is 0. The highest BCUT2D eigenvalue weighted by molar-refractivity contribution is 5.92. The van der Waals surface area contributed by atoms with Crippen LogP contribution in [0.15, 0.2) is 0 Å². The van der Waals surface area contributed by atoms with Crippen molar-refractivity contribution < 1.29 is 9.84 Å². The van der Waals surface area contributed by atoms with E-state index in [1.54, 1.807) is 0 Å². The summed E-state index contributed by atoms with van der Waals surface area (Å²) in [6, 6.07) is 0.192. The molecule has 2 aromatic heterocycles. The van der Waals surface area contributed by atoms with Crippen molar-refractivity contribution in [2.75, 3.05) is 11.4 Å². The molecule has 0 amide bonds. The highest BCUT2D eigenvalue weighted by atomic mass is 16.5. The van der Waals surface area contributed by atoms with Crippen LogP contribution in [-0.2, 0) is 0 Å². The Labute approximate surface area is 136 Å². The molecule has 0 unspecified atom stereocenters. The summed E-state index contributed by atoms with van der Waals surface area (Å²) in [7, 11) is 0. The summed E-state index contributed by atoms with van der Waals surface area (Å²) in [5.74, 6) is 2.06. The van der Waals surface area contributed by atoms with E-state index in [2.05, 4.69) is 25.1 Å². The van der Waals surface area contributed by atoms with Gasteiger partial charge in [0.2, 0.25) is 5.88 Å². The van der Waals surface area contributed by atoms with Crippen molar-refractivity contribution in [2.24, 2.45) is 0 Å². The lowest BCUT2D eigenvalue weighted by Gasteiger charge is -2.44. The molecule has 2 aliphatic heterocycles. The maximum Gasteiger partial charge on any atom is 0.246 e. The van der Waals surface area contributed by atoms with Crippen LogP contribution in [0.4, 0.5) is 5.82 Å². The summed E-state index contributed by atoms with van der Waals surface area (Å²) < 4.78 is 6.00. The monoisotopic (exact) mass is 319 g/mol. The SMILES string of the molecule is CC.Cc1nc2c3c(n[nH]c3n1)O[C@@H](C)[C@H]1CC[C@](C)(O)CN21. The maximum atomic E-state index is 10.5. The summed E-state index contributed by atoms with van der Waals surface area (Å²) in [5.41, 5.74) is -0.0270. The average Bonchev–Trinajstić information content (AvgIpc) is 2.85. The molecule has 126 valence electrons. The molecular formula is C16H25N5O2. The van der Waals surface area contributed by atoms with E-state index in [-0.39, 0.29) is 12.1 Å². The molecule has 7 heteroatoms. The molecule has 0 spiro atoms. The Balaban J connectivity index is 0.000000753. The highest BCUT2D eigenvalue weighted by Crippen LogP contribution is 2.40. The molecular weight excluding hydrogens is 294 g/mol. The molecule has 2 aromatic rings. The summed E-state index contributed by atoms with van der Waals surface area (Å²) in [4.78, 5) is 11.2. The number of nitrogens with zero attached hydrogens (tertiary/aromatic N) is 4. The first-order valence-electron chi connectivity index (χ1n) is 8.33. The van der Waals surface area contributed by atoms with Gasteiger partial charge in [-0.1, -0.05) is 13.8 Å². The lowest BCUT2D eigenvalue weighted by atomic mass is 9.88. The van der Waals surface area contributed by atoms with Gasteiger partial charge in [-0.25, -0.2) is 9.97 Å². The third-order valence-electron chi connectivity index (χ3n) is 4.48. The van der Waals surface area contributed by atoms with Gasteiger partial charge >= 0.3 is 0 Å². The smallest absolute Gasteiger partial charge is 0.246 e. The van der Waals surface area contributed by atoms with Crippen molar-refractivity contribution in [3.05, 3.63) is 5.82 Å². The van der Waals surface area contributed by atoms with E-state index in [9.17, 15) is 5.11 Å². The molecule has 23 heavy (non-hydrogen) atoms. The second kappa shape index (κ2) is 5.63. The van der Waals surface area contributed by atoms with Crippen LogP contribution in [-0.4, -0.2) is 49.6 Å². The second-order valence-electron chi connectivity index (χ2n) is 6.40. The van der Waals surface area contributed by atoms with Crippen molar-refractivity contribution in [1.82, 2.24) is 20.2 Å². The van der Waals surface area contributed by atoms with E-state index in [0.717, 1.165) is 24.0 Å². The Hall–Kier alpha value is -1.89. The molecule has 3 atom stereocenters. The Morgan fingerprint density at radius 2 is 2.09 bits per heavy atom. The topological polar surface area (TPSA) is 87.2 Å². The number of aliphatic hydroxyl groups is 1. The number of hydrogen-bond acceptors (Lipinski definition) is 6. The quantitative estimate of drug-likeness (QED) is 0.774. The number of aromatic nitrogens is 4. The molecule has 0 saturated carbocycles. The van der Waals surface area contributed by atoms with Gasteiger partial charge in [0.05, 0.1) is 11.6 Å². The van der Waals surface area contributed by atoms with Crippen molar-refractivity contribution in [3.63, 3.8) is 0 Å². The van der Waals surface area contributed by atoms with Crippen LogP contribution in [0.3, 0.4) is 0 Å². The number of anilines is 1. The summed E-state index contributed by atoms with van der Waals surface area (Å²) in [6.45, 7) is 10.3. The van der Waals surface area contributed by atoms with E-state index < -0.39 is 5.60 Å². The van der Waals surface area contributed by atoms with Crippen molar-refractivity contribution in [2.45, 2.75) is 65.2 Å². The molecule has 0 radical (unpaired) electrons. The first-order valence-corrected chi connectivity index (χ1v) is 8.33. The Kier molecular flexibility index (Phi) is 3.91. The first-order chi connectivity index (χ1) is 10.9. The minimum absolute atomic E-state index is 0.0119. The molecule has 1 saturated heterocycles. The zero-order valence-electron chi connectivity index (χ0n) is 14.4. The van der Waals surface area contributed by atoms with Crippen LogP contribution < -0.4 is 9.64 Å². The molecule has 7 nitrogen and oxygen atoms in total. The molecule has 1 fully saturated rings. The Bertz CT molecular complexity index is 712. The normalized spacial score (nSPS) is 29.2. The highest BCUT2D eigenvalue weighted by Gasteiger charge is 2.42. The van der Waals surface area contributed by atoms with Gasteiger partial charge in [-0.2, -0.15) is 0 Å². The lowest BCUT2D eigenvalue weighted by molar-refractivity contribution is 0.0242. The number of ether oxygens (including phenoxy) is 1. The molecule has 0 bridgehead atoms. The van der Waals surface area contributed by atoms with E-state index in [1.165, 1.54) is 0 Å². The maximum absolute atomic E-state index is 10.5. The minimum atomic E-state index is -0.713. The number of nitrogens with one attached hydrogen (secondary N) is 1. The third kappa shape index (κ3) is 2.63. The zero-order chi connectivity index (χ0) is 16.8. The predicted molar refractivity (Wildman–Crippen MR) is 88.9 cm³/mol. The Morgan fingerprint density at radius 3 is 2.83 bits per heavy atom. The van der Waals surface area contributed by atoms with E-state index in [1.807, 2.05) is 34.6 Å². The van der Waals surface area contributed by atoms with Crippen LogP contribution in [0.5, 0.6) is 5.88 Å². The van der Waals surface area contributed by atoms with Gasteiger partial charge in [0.1, 0.15) is 23.1 Å². The van der Waals surface area contributed by atoms with Gasteiger partial charge in [-0.3, -0.25) is 5.10 Å². The average molecular weight is 319 g/mol. The van der Waals surface area contributed by atoms with Crippen molar-refractivity contribution in [3.8, 4) is 5.88 Å².